The Morgan fingerprint density at radius 1 is 0.806 bits per heavy atom. The van der Waals surface area contributed by atoms with Crippen LogP contribution in [0.5, 0.6) is 5.75 Å². The van der Waals surface area contributed by atoms with E-state index in [0.717, 1.165) is 25.0 Å². The molecule has 0 bridgehead atoms. The van der Waals surface area contributed by atoms with E-state index in [1.54, 1.807) is 6.92 Å². The van der Waals surface area contributed by atoms with Crippen LogP contribution >= 0.6 is 0 Å². The van der Waals surface area contributed by atoms with Crippen molar-refractivity contribution in [2.75, 3.05) is 6.61 Å². The highest BCUT2D eigenvalue weighted by molar-refractivity contribution is 7.86. The van der Waals surface area contributed by atoms with Gasteiger partial charge in [-0.3, -0.25) is 4.55 Å². The number of ether oxygens (including phenoxy) is 1. The van der Waals surface area contributed by atoms with E-state index in [0.29, 0.717) is 6.42 Å². The topological polar surface area (TPSA) is 63.6 Å². The molecule has 0 amide bonds. The van der Waals surface area contributed by atoms with Gasteiger partial charge in [-0.25, -0.2) is 0 Å². The molecule has 1 aromatic carbocycles. The molecule has 0 aromatic heterocycles. The molecule has 0 spiro atoms. The highest BCUT2D eigenvalue weighted by Gasteiger charge is 2.22. The summed E-state index contributed by atoms with van der Waals surface area (Å²) >= 11 is 0. The maximum atomic E-state index is 11.5. The van der Waals surface area contributed by atoms with Gasteiger partial charge in [0.15, 0.2) is 0 Å². The van der Waals surface area contributed by atoms with Crippen molar-refractivity contribution in [2.24, 2.45) is 0 Å². The second-order valence-corrected chi connectivity index (χ2v) is 10.5. The molecule has 0 radical (unpaired) electrons. The number of aryl methyl sites for hydroxylation is 2. The van der Waals surface area contributed by atoms with Crippen molar-refractivity contribution < 1.29 is 17.7 Å². The molecule has 0 aliphatic carbocycles. The molecule has 1 atom stereocenters. The molecule has 0 aliphatic rings. The Labute approximate surface area is 191 Å². The number of hydrogen-bond acceptors (Lipinski definition) is 3. The minimum atomic E-state index is -4.08. The van der Waals surface area contributed by atoms with E-state index >= 15 is 0 Å². The standard InChI is InChI=1S/C26H46O4S/c1-4-7-9-11-13-15-17-23-19-20-26(30-22-25(6-3)31(27,28)29)24(21-23)18-16-14-12-10-8-5-2/h19-21,25H,4-18,22H2,1-3H3,(H,27,28,29). The average Bonchev–Trinajstić information content (AvgIpc) is 2.73. The molecule has 1 aromatic rings. The van der Waals surface area contributed by atoms with E-state index in [-0.39, 0.29) is 6.61 Å². The third kappa shape index (κ3) is 12.5. The fourth-order valence-electron chi connectivity index (χ4n) is 3.93. The first kappa shape index (κ1) is 28.0. The summed E-state index contributed by atoms with van der Waals surface area (Å²) in [6.07, 6.45) is 17.6. The number of hydrogen-bond donors (Lipinski definition) is 1. The first-order valence-corrected chi connectivity index (χ1v) is 14.1. The smallest absolute Gasteiger partial charge is 0.271 e. The van der Waals surface area contributed by atoms with E-state index in [1.165, 1.54) is 81.8 Å². The van der Waals surface area contributed by atoms with Crippen LogP contribution in [0.3, 0.4) is 0 Å². The lowest BCUT2D eigenvalue weighted by atomic mass is 9.99. The van der Waals surface area contributed by atoms with Crippen LogP contribution in [0.2, 0.25) is 0 Å². The fourth-order valence-corrected chi connectivity index (χ4v) is 4.59. The van der Waals surface area contributed by atoms with Gasteiger partial charge >= 0.3 is 0 Å². The predicted octanol–water partition coefficient (Wildman–Crippen LogP) is 7.54. The van der Waals surface area contributed by atoms with Crippen molar-refractivity contribution in [3.8, 4) is 5.75 Å². The van der Waals surface area contributed by atoms with E-state index in [4.69, 9.17) is 4.74 Å². The number of rotatable bonds is 19. The average molecular weight is 455 g/mol. The van der Waals surface area contributed by atoms with Crippen LogP contribution in [-0.2, 0) is 23.0 Å². The van der Waals surface area contributed by atoms with Crippen LogP contribution in [0, 0.1) is 0 Å². The van der Waals surface area contributed by atoms with Gasteiger partial charge in [0.2, 0.25) is 0 Å². The van der Waals surface area contributed by atoms with Crippen LogP contribution < -0.4 is 4.74 Å². The van der Waals surface area contributed by atoms with Gasteiger partial charge in [-0.2, -0.15) is 8.42 Å². The van der Waals surface area contributed by atoms with Crippen molar-refractivity contribution in [2.45, 2.75) is 122 Å². The zero-order chi connectivity index (χ0) is 23.0. The molecular formula is C26H46O4S. The SMILES string of the molecule is CCCCCCCCc1ccc(OCC(CC)S(=O)(=O)O)c(CCCCCCCC)c1. The second kappa shape index (κ2) is 16.5. The van der Waals surface area contributed by atoms with E-state index in [2.05, 4.69) is 26.0 Å². The molecule has 31 heavy (non-hydrogen) atoms. The van der Waals surface area contributed by atoms with Gasteiger partial charge in [0.1, 0.15) is 17.6 Å². The molecule has 4 nitrogen and oxygen atoms in total. The third-order valence-corrected chi connectivity index (χ3v) is 7.36. The van der Waals surface area contributed by atoms with Crippen LogP contribution in [-0.4, -0.2) is 24.8 Å². The Balaban J connectivity index is 2.69. The van der Waals surface area contributed by atoms with Crippen molar-refractivity contribution in [3.05, 3.63) is 29.3 Å². The molecule has 0 saturated heterocycles. The van der Waals surface area contributed by atoms with E-state index in [9.17, 15) is 13.0 Å². The minimum absolute atomic E-state index is 0.00436. The lowest BCUT2D eigenvalue weighted by Gasteiger charge is -2.17. The maximum absolute atomic E-state index is 11.5. The summed E-state index contributed by atoms with van der Waals surface area (Å²) in [5, 5.41) is -0.878. The van der Waals surface area contributed by atoms with Crippen molar-refractivity contribution in [3.63, 3.8) is 0 Å². The molecule has 1 rings (SSSR count). The monoisotopic (exact) mass is 454 g/mol. The van der Waals surface area contributed by atoms with E-state index < -0.39 is 15.4 Å². The third-order valence-electron chi connectivity index (χ3n) is 6.04. The van der Waals surface area contributed by atoms with Gasteiger partial charge < -0.3 is 4.74 Å². The molecule has 0 fully saturated rings. The Morgan fingerprint density at radius 2 is 1.35 bits per heavy atom. The van der Waals surface area contributed by atoms with Gasteiger partial charge in [0.05, 0.1) is 0 Å². The van der Waals surface area contributed by atoms with Crippen LogP contribution in [0.25, 0.3) is 0 Å². The van der Waals surface area contributed by atoms with Crippen LogP contribution in [0.4, 0.5) is 0 Å². The highest BCUT2D eigenvalue weighted by Crippen LogP contribution is 2.25. The summed E-state index contributed by atoms with van der Waals surface area (Å²) in [5.74, 6) is 0.766. The highest BCUT2D eigenvalue weighted by atomic mass is 32.2. The van der Waals surface area contributed by atoms with Gasteiger partial charge in [0.25, 0.3) is 10.1 Å². The number of unbranched alkanes of at least 4 members (excludes halogenated alkanes) is 10. The second-order valence-electron chi connectivity index (χ2n) is 8.83. The largest absolute Gasteiger partial charge is 0.492 e. The first-order chi connectivity index (χ1) is 14.9. The van der Waals surface area contributed by atoms with Crippen molar-refractivity contribution >= 4 is 10.1 Å². The number of benzene rings is 1. The van der Waals surface area contributed by atoms with Crippen LogP contribution in [0.15, 0.2) is 18.2 Å². The normalized spacial score (nSPS) is 12.8. The summed E-state index contributed by atoms with van der Waals surface area (Å²) in [6, 6.07) is 6.36. The summed E-state index contributed by atoms with van der Waals surface area (Å²) in [5.41, 5.74) is 2.51. The van der Waals surface area contributed by atoms with Gasteiger partial charge in [0, 0.05) is 0 Å². The first-order valence-electron chi connectivity index (χ1n) is 12.6. The lowest BCUT2D eigenvalue weighted by molar-refractivity contribution is 0.299. The van der Waals surface area contributed by atoms with Crippen LogP contribution in [0.1, 0.15) is 115 Å². The molecule has 1 N–H and O–H groups in total. The molecule has 0 saturated carbocycles. The zero-order valence-corrected chi connectivity index (χ0v) is 21.0. The Morgan fingerprint density at radius 3 is 1.90 bits per heavy atom. The molecule has 0 heterocycles. The fraction of sp³-hybridized carbons (Fsp3) is 0.769. The molecular weight excluding hydrogens is 408 g/mol. The molecule has 5 heteroatoms. The minimum Gasteiger partial charge on any atom is -0.492 e. The van der Waals surface area contributed by atoms with Crippen molar-refractivity contribution in [1.29, 1.82) is 0 Å². The summed E-state index contributed by atoms with van der Waals surface area (Å²) in [4.78, 5) is 0. The van der Waals surface area contributed by atoms with Gasteiger partial charge in [-0.15, -0.1) is 0 Å². The summed E-state index contributed by atoms with van der Waals surface area (Å²) < 4.78 is 38.3. The summed E-state index contributed by atoms with van der Waals surface area (Å²) in [6.45, 7) is 6.22. The zero-order valence-electron chi connectivity index (χ0n) is 20.2. The van der Waals surface area contributed by atoms with Gasteiger partial charge in [-0.1, -0.05) is 97.1 Å². The lowest BCUT2D eigenvalue weighted by Crippen LogP contribution is -2.27. The Hall–Kier alpha value is -1.07. The van der Waals surface area contributed by atoms with Crippen molar-refractivity contribution in [1.82, 2.24) is 0 Å². The molecule has 1 unspecified atom stereocenters. The summed E-state index contributed by atoms with van der Waals surface area (Å²) in [7, 11) is -4.08. The Bertz CT molecular complexity index is 685. The molecule has 0 aliphatic heterocycles. The maximum Gasteiger partial charge on any atom is 0.271 e. The quantitative estimate of drug-likeness (QED) is 0.173. The molecule has 180 valence electrons. The Kier molecular flexibility index (Phi) is 14.9. The predicted molar refractivity (Wildman–Crippen MR) is 132 cm³/mol. The van der Waals surface area contributed by atoms with Gasteiger partial charge in [-0.05, 0) is 49.3 Å². The van der Waals surface area contributed by atoms with E-state index in [1.807, 2.05) is 6.07 Å².